The maximum Gasteiger partial charge on any atom is 0.342 e. The molecule has 0 aliphatic rings. The van der Waals surface area contributed by atoms with Crippen molar-refractivity contribution in [3.8, 4) is 0 Å². The Morgan fingerprint density at radius 3 is 1.88 bits per heavy atom. The lowest BCUT2D eigenvalue weighted by Gasteiger charge is -2.32. The Bertz CT molecular complexity index is 272. The van der Waals surface area contributed by atoms with Crippen LogP contribution in [0.5, 0.6) is 0 Å². The van der Waals surface area contributed by atoms with Crippen molar-refractivity contribution in [3.63, 3.8) is 0 Å². The van der Waals surface area contributed by atoms with Crippen molar-refractivity contribution in [1.29, 1.82) is 0 Å². The standard InChI is InChI=1S/C10H18O6/c1-5(2)10(15,7(11)8(12)13)9(14)16-6(3)4/h5-7,11,15H,1-4H3,(H,12,13)/t7-,10?/m1/s1. The minimum Gasteiger partial charge on any atom is -0.479 e. The van der Waals surface area contributed by atoms with E-state index in [2.05, 4.69) is 0 Å². The Hall–Kier alpha value is -1.14. The number of carbonyl (C=O) groups is 2. The Balaban J connectivity index is 5.11. The first kappa shape index (κ1) is 14.9. The molecule has 0 bridgehead atoms. The molecule has 6 heteroatoms. The Kier molecular flexibility index (Phi) is 4.89. The van der Waals surface area contributed by atoms with E-state index in [0.717, 1.165) is 0 Å². The predicted octanol–water partition coefficient (Wildman–Crippen LogP) is -0.229. The van der Waals surface area contributed by atoms with E-state index in [4.69, 9.17) is 9.84 Å². The summed E-state index contributed by atoms with van der Waals surface area (Å²) < 4.78 is 4.74. The molecule has 1 unspecified atom stereocenters. The fourth-order valence-electron chi connectivity index (χ4n) is 1.16. The molecule has 94 valence electrons. The highest BCUT2D eigenvalue weighted by Gasteiger charge is 2.51. The monoisotopic (exact) mass is 234 g/mol. The van der Waals surface area contributed by atoms with Crippen LogP contribution in [0.15, 0.2) is 0 Å². The largest absolute Gasteiger partial charge is 0.479 e. The maximum absolute atomic E-state index is 11.6. The minimum absolute atomic E-state index is 0.501. The number of hydrogen-bond acceptors (Lipinski definition) is 5. The number of carboxylic acid groups (broad SMARTS) is 1. The molecule has 0 aromatic rings. The number of carboxylic acids is 1. The van der Waals surface area contributed by atoms with Gasteiger partial charge in [-0.25, -0.2) is 9.59 Å². The van der Waals surface area contributed by atoms with E-state index in [-0.39, 0.29) is 0 Å². The van der Waals surface area contributed by atoms with Gasteiger partial charge in [0.05, 0.1) is 6.10 Å². The second kappa shape index (κ2) is 5.27. The first-order chi connectivity index (χ1) is 7.13. The van der Waals surface area contributed by atoms with Crippen LogP contribution in [0.1, 0.15) is 27.7 Å². The molecule has 3 N–H and O–H groups in total. The highest BCUT2D eigenvalue weighted by Crippen LogP contribution is 2.24. The molecule has 0 amide bonds. The zero-order valence-electron chi connectivity index (χ0n) is 9.80. The van der Waals surface area contributed by atoms with Gasteiger partial charge < -0.3 is 20.1 Å². The third-order valence-corrected chi connectivity index (χ3v) is 2.20. The Labute approximate surface area is 93.8 Å². The van der Waals surface area contributed by atoms with E-state index in [1.165, 1.54) is 13.8 Å². The normalized spacial score (nSPS) is 17.0. The number of rotatable bonds is 5. The average molecular weight is 234 g/mol. The van der Waals surface area contributed by atoms with Crippen molar-refractivity contribution in [2.45, 2.75) is 45.5 Å². The van der Waals surface area contributed by atoms with E-state index in [1.807, 2.05) is 0 Å². The summed E-state index contributed by atoms with van der Waals surface area (Å²) in [4.78, 5) is 22.2. The maximum atomic E-state index is 11.6. The summed E-state index contributed by atoms with van der Waals surface area (Å²) in [6.07, 6.45) is -2.71. The molecule has 16 heavy (non-hydrogen) atoms. The van der Waals surface area contributed by atoms with Gasteiger partial charge in [0.2, 0.25) is 5.60 Å². The summed E-state index contributed by atoms with van der Waals surface area (Å²) in [5, 5.41) is 27.9. The van der Waals surface area contributed by atoms with Gasteiger partial charge >= 0.3 is 11.9 Å². The molecular weight excluding hydrogens is 216 g/mol. The predicted molar refractivity (Wildman–Crippen MR) is 54.7 cm³/mol. The van der Waals surface area contributed by atoms with E-state index < -0.39 is 35.7 Å². The number of hydrogen-bond donors (Lipinski definition) is 3. The van der Waals surface area contributed by atoms with Crippen molar-refractivity contribution in [2.24, 2.45) is 5.92 Å². The van der Waals surface area contributed by atoms with Crippen LogP contribution in [0.3, 0.4) is 0 Å². The summed E-state index contributed by atoms with van der Waals surface area (Å²) in [5.41, 5.74) is -2.43. The van der Waals surface area contributed by atoms with Gasteiger partial charge in [0.25, 0.3) is 0 Å². The van der Waals surface area contributed by atoms with Crippen molar-refractivity contribution in [1.82, 2.24) is 0 Å². The molecule has 0 saturated carbocycles. The number of esters is 1. The van der Waals surface area contributed by atoms with Crippen molar-refractivity contribution in [2.75, 3.05) is 0 Å². The van der Waals surface area contributed by atoms with Crippen LogP contribution in [-0.2, 0) is 14.3 Å². The first-order valence-electron chi connectivity index (χ1n) is 4.98. The van der Waals surface area contributed by atoms with E-state index in [0.29, 0.717) is 0 Å². The molecule has 0 fully saturated rings. The summed E-state index contributed by atoms with van der Waals surface area (Å²) in [7, 11) is 0. The number of aliphatic hydroxyl groups excluding tert-OH is 1. The zero-order valence-corrected chi connectivity index (χ0v) is 9.80. The van der Waals surface area contributed by atoms with Crippen LogP contribution in [0.2, 0.25) is 0 Å². The lowest BCUT2D eigenvalue weighted by molar-refractivity contribution is -0.197. The van der Waals surface area contributed by atoms with Crippen LogP contribution in [-0.4, -0.2) is 45.1 Å². The fourth-order valence-corrected chi connectivity index (χ4v) is 1.16. The molecule has 0 aliphatic carbocycles. The lowest BCUT2D eigenvalue weighted by atomic mass is 9.85. The lowest BCUT2D eigenvalue weighted by Crippen LogP contribution is -2.58. The smallest absolute Gasteiger partial charge is 0.342 e. The molecule has 0 aliphatic heterocycles. The average Bonchev–Trinajstić information content (AvgIpc) is 2.13. The third-order valence-electron chi connectivity index (χ3n) is 2.20. The molecule has 0 heterocycles. The summed E-state index contributed by atoms with van der Waals surface area (Å²) in [6.45, 7) is 5.97. The van der Waals surface area contributed by atoms with E-state index in [1.54, 1.807) is 13.8 Å². The Morgan fingerprint density at radius 2 is 1.62 bits per heavy atom. The molecule has 0 saturated heterocycles. The van der Waals surface area contributed by atoms with Crippen molar-refractivity contribution < 1.29 is 29.6 Å². The second-order valence-electron chi connectivity index (χ2n) is 4.17. The molecule has 0 radical (unpaired) electrons. The van der Waals surface area contributed by atoms with Gasteiger partial charge in [0.1, 0.15) is 0 Å². The van der Waals surface area contributed by atoms with Gasteiger partial charge in [-0.3, -0.25) is 0 Å². The SMILES string of the molecule is CC(C)OC(=O)C(O)(C(C)C)[C@H](O)C(=O)O. The zero-order chi connectivity index (χ0) is 13.1. The molecular formula is C10H18O6. The van der Waals surface area contributed by atoms with Crippen LogP contribution in [0.4, 0.5) is 0 Å². The third kappa shape index (κ3) is 2.93. The quantitative estimate of drug-likeness (QED) is 0.568. The first-order valence-corrected chi connectivity index (χ1v) is 4.98. The summed E-state index contributed by atoms with van der Waals surface area (Å²) in [6, 6.07) is 0. The molecule has 6 nitrogen and oxygen atoms in total. The number of ether oxygens (including phenoxy) is 1. The van der Waals surface area contributed by atoms with Gasteiger partial charge in [-0.05, 0) is 19.8 Å². The number of aliphatic carboxylic acids is 1. The van der Waals surface area contributed by atoms with Crippen molar-refractivity contribution in [3.05, 3.63) is 0 Å². The summed E-state index contributed by atoms with van der Waals surface area (Å²) >= 11 is 0. The molecule has 0 aromatic heterocycles. The second-order valence-corrected chi connectivity index (χ2v) is 4.17. The van der Waals surface area contributed by atoms with Gasteiger partial charge in [-0.15, -0.1) is 0 Å². The van der Waals surface area contributed by atoms with Gasteiger partial charge in [-0.2, -0.15) is 0 Å². The van der Waals surface area contributed by atoms with E-state index in [9.17, 15) is 19.8 Å². The number of carbonyl (C=O) groups excluding carboxylic acids is 1. The van der Waals surface area contributed by atoms with Gasteiger partial charge in [0.15, 0.2) is 6.10 Å². The van der Waals surface area contributed by atoms with Gasteiger partial charge in [-0.1, -0.05) is 13.8 Å². The molecule has 2 atom stereocenters. The summed E-state index contributed by atoms with van der Waals surface area (Å²) in [5.74, 6) is -3.59. The van der Waals surface area contributed by atoms with Crippen molar-refractivity contribution >= 4 is 11.9 Å². The van der Waals surface area contributed by atoms with Crippen LogP contribution < -0.4 is 0 Å². The van der Waals surface area contributed by atoms with E-state index >= 15 is 0 Å². The minimum atomic E-state index is -2.43. The Morgan fingerprint density at radius 1 is 1.19 bits per heavy atom. The molecule has 0 rings (SSSR count). The highest BCUT2D eigenvalue weighted by atomic mass is 16.6. The molecule has 0 aromatic carbocycles. The molecule has 0 spiro atoms. The van der Waals surface area contributed by atoms with Crippen LogP contribution in [0.25, 0.3) is 0 Å². The fraction of sp³-hybridized carbons (Fsp3) is 0.800. The number of aliphatic hydroxyl groups is 2. The van der Waals surface area contributed by atoms with Gasteiger partial charge in [0, 0.05) is 0 Å². The van der Waals surface area contributed by atoms with Crippen LogP contribution >= 0.6 is 0 Å². The highest BCUT2D eigenvalue weighted by molar-refractivity contribution is 5.88. The topological polar surface area (TPSA) is 104 Å². The van der Waals surface area contributed by atoms with Crippen LogP contribution in [0, 0.1) is 5.92 Å².